The van der Waals surface area contributed by atoms with Crippen molar-refractivity contribution in [2.75, 3.05) is 44.5 Å². The van der Waals surface area contributed by atoms with Crippen LogP contribution in [0, 0.1) is 0 Å². The third kappa shape index (κ3) is 3.06. The molecule has 0 unspecified atom stereocenters. The number of rotatable bonds is 4. The highest BCUT2D eigenvalue weighted by atomic mass is 16.7. The summed E-state index contributed by atoms with van der Waals surface area (Å²) >= 11 is 0. The van der Waals surface area contributed by atoms with Crippen molar-refractivity contribution in [2.45, 2.75) is 13.3 Å². The van der Waals surface area contributed by atoms with Crippen LogP contribution in [0.4, 0.5) is 5.95 Å². The molecule has 0 atom stereocenters. The van der Waals surface area contributed by atoms with Gasteiger partial charge >= 0.3 is 0 Å². The highest BCUT2D eigenvalue weighted by molar-refractivity contribution is 6.25. The zero-order chi connectivity index (χ0) is 20.8. The predicted molar refractivity (Wildman–Crippen MR) is 117 cm³/mol. The first-order chi connectivity index (χ1) is 15.3. The summed E-state index contributed by atoms with van der Waals surface area (Å²) in [6.45, 7) is 6.41. The smallest absolute Gasteiger partial charge is 0.231 e. The van der Waals surface area contributed by atoms with E-state index in [0.29, 0.717) is 24.9 Å². The fraction of sp³-hybridized carbons (Fsp3) is 0.348. The Morgan fingerprint density at radius 1 is 1.10 bits per heavy atom. The molecule has 0 amide bonds. The monoisotopic (exact) mass is 417 g/mol. The minimum Gasteiger partial charge on any atom is -0.478 e. The Balaban J connectivity index is 1.37. The molecule has 158 valence electrons. The maximum atomic E-state index is 5.92. The number of anilines is 1. The van der Waals surface area contributed by atoms with Crippen LogP contribution in [0.2, 0.25) is 0 Å². The average molecular weight is 417 g/mol. The van der Waals surface area contributed by atoms with Gasteiger partial charge in [0, 0.05) is 49.1 Å². The third-order valence-corrected chi connectivity index (χ3v) is 5.92. The lowest BCUT2D eigenvalue weighted by molar-refractivity contribution is 0.174. The number of ether oxygens (including phenoxy) is 3. The number of allylic oxidation sites excluding steroid dienone is 3. The van der Waals surface area contributed by atoms with Crippen molar-refractivity contribution in [2.24, 2.45) is 4.99 Å². The third-order valence-electron chi connectivity index (χ3n) is 5.92. The Kier molecular flexibility index (Phi) is 4.38. The average Bonchev–Trinajstić information content (AvgIpc) is 3.46. The molecule has 31 heavy (non-hydrogen) atoms. The minimum absolute atomic E-state index is 0.265. The first-order valence-electron chi connectivity index (χ1n) is 10.7. The molecule has 1 aliphatic carbocycles. The second-order valence-corrected chi connectivity index (χ2v) is 7.74. The highest BCUT2D eigenvalue weighted by Crippen LogP contribution is 2.41. The van der Waals surface area contributed by atoms with Crippen LogP contribution in [0.25, 0.3) is 5.57 Å². The minimum atomic E-state index is 0.265. The zero-order valence-corrected chi connectivity index (χ0v) is 17.4. The quantitative estimate of drug-likeness (QED) is 0.818. The van der Waals surface area contributed by atoms with Crippen molar-refractivity contribution < 1.29 is 14.2 Å². The standard InChI is InChI=1S/C23H23N5O3/c1-2-29-22-16-5-4-15-17(14-3-6-18-19(11-14)31-13-30-18)12-25-20(15)21(16)26-23(27-22)28-9-7-24-8-10-28/h3-4,6,11-12,24H,2,5,7-10,13H2,1H3. The lowest BCUT2D eigenvalue weighted by Gasteiger charge is -2.29. The molecule has 0 spiro atoms. The summed E-state index contributed by atoms with van der Waals surface area (Å²) < 4.78 is 16.9. The Morgan fingerprint density at radius 3 is 2.84 bits per heavy atom. The second kappa shape index (κ2) is 7.39. The molecule has 0 bridgehead atoms. The van der Waals surface area contributed by atoms with E-state index >= 15 is 0 Å². The number of benzene rings is 1. The molecule has 1 fully saturated rings. The normalized spacial score (nSPS) is 18.7. The van der Waals surface area contributed by atoms with Gasteiger partial charge in [-0.05, 0) is 31.0 Å². The van der Waals surface area contributed by atoms with E-state index in [2.05, 4.69) is 16.3 Å². The van der Waals surface area contributed by atoms with Gasteiger partial charge in [0.05, 0.1) is 12.3 Å². The summed E-state index contributed by atoms with van der Waals surface area (Å²) in [6, 6.07) is 6.01. The van der Waals surface area contributed by atoms with Crippen LogP contribution in [0.3, 0.4) is 0 Å². The van der Waals surface area contributed by atoms with Gasteiger partial charge in [-0.3, -0.25) is 4.99 Å². The molecule has 4 aliphatic rings. The zero-order valence-electron chi connectivity index (χ0n) is 17.4. The van der Waals surface area contributed by atoms with Gasteiger partial charge in [-0.1, -0.05) is 12.1 Å². The highest BCUT2D eigenvalue weighted by Gasteiger charge is 2.31. The van der Waals surface area contributed by atoms with E-state index in [1.54, 1.807) is 0 Å². The molecule has 4 heterocycles. The van der Waals surface area contributed by atoms with Gasteiger partial charge in [0.1, 0.15) is 5.69 Å². The van der Waals surface area contributed by atoms with E-state index < -0.39 is 0 Å². The van der Waals surface area contributed by atoms with Crippen LogP contribution in [0.1, 0.15) is 23.7 Å². The van der Waals surface area contributed by atoms with Crippen LogP contribution in [0.5, 0.6) is 17.4 Å². The molecule has 0 radical (unpaired) electrons. The van der Waals surface area contributed by atoms with E-state index in [1.165, 1.54) is 0 Å². The predicted octanol–water partition coefficient (Wildman–Crippen LogP) is 2.34. The number of aliphatic imine (C=N–C) groups is 1. The Hall–Kier alpha value is -3.39. The number of hydrogen-bond donors (Lipinski definition) is 1. The molecular weight excluding hydrogens is 394 g/mol. The van der Waals surface area contributed by atoms with Gasteiger partial charge in [-0.25, -0.2) is 4.98 Å². The van der Waals surface area contributed by atoms with Crippen LogP contribution < -0.4 is 24.4 Å². The first kappa shape index (κ1) is 18.4. The Bertz CT molecular complexity index is 1150. The summed E-state index contributed by atoms with van der Waals surface area (Å²) in [5.41, 5.74) is 5.98. The molecule has 3 aliphatic heterocycles. The molecule has 8 heteroatoms. The van der Waals surface area contributed by atoms with Crippen molar-refractivity contribution >= 4 is 17.2 Å². The summed E-state index contributed by atoms with van der Waals surface area (Å²) in [6.07, 6.45) is 4.82. The summed E-state index contributed by atoms with van der Waals surface area (Å²) in [7, 11) is 0. The molecule has 0 saturated carbocycles. The fourth-order valence-corrected chi connectivity index (χ4v) is 4.38. The maximum absolute atomic E-state index is 5.92. The van der Waals surface area contributed by atoms with Crippen LogP contribution in [-0.4, -0.2) is 55.3 Å². The van der Waals surface area contributed by atoms with Crippen molar-refractivity contribution in [1.82, 2.24) is 15.3 Å². The van der Waals surface area contributed by atoms with E-state index in [1.807, 2.05) is 31.3 Å². The van der Waals surface area contributed by atoms with Crippen LogP contribution in [0.15, 0.2) is 41.0 Å². The lowest BCUT2D eigenvalue weighted by atomic mass is 9.88. The number of nitrogens with zero attached hydrogens (tertiary/aromatic N) is 4. The largest absolute Gasteiger partial charge is 0.478 e. The molecule has 1 N–H and O–H groups in total. The Morgan fingerprint density at radius 2 is 1.97 bits per heavy atom. The molecular formula is C23H23N5O3. The van der Waals surface area contributed by atoms with E-state index in [0.717, 1.165) is 71.4 Å². The van der Waals surface area contributed by atoms with E-state index in [9.17, 15) is 0 Å². The van der Waals surface area contributed by atoms with Gasteiger partial charge in [0.15, 0.2) is 11.5 Å². The van der Waals surface area contributed by atoms with Crippen molar-refractivity contribution in [3.63, 3.8) is 0 Å². The van der Waals surface area contributed by atoms with Crippen molar-refractivity contribution in [1.29, 1.82) is 0 Å². The molecule has 6 rings (SSSR count). The van der Waals surface area contributed by atoms with E-state index in [-0.39, 0.29) is 6.79 Å². The summed E-state index contributed by atoms with van der Waals surface area (Å²) in [4.78, 5) is 16.7. The molecule has 2 aromatic rings. The molecule has 8 nitrogen and oxygen atoms in total. The fourth-order valence-electron chi connectivity index (χ4n) is 4.38. The molecule has 1 saturated heterocycles. The van der Waals surface area contributed by atoms with Gasteiger partial charge in [-0.2, -0.15) is 4.98 Å². The lowest BCUT2D eigenvalue weighted by Crippen LogP contribution is -2.44. The van der Waals surface area contributed by atoms with Gasteiger partial charge < -0.3 is 24.4 Å². The van der Waals surface area contributed by atoms with Crippen molar-refractivity contribution in [3.8, 4) is 17.4 Å². The Labute approximate surface area is 180 Å². The van der Waals surface area contributed by atoms with Crippen LogP contribution in [-0.2, 0) is 6.42 Å². The number of piperazine rings is 1. The topological polar surface area (TPSA) is 81.1 Å². The van der Waals surface area contributed by atoms with E-state index in [4.69, 9.17) is 29.2 Å². The number of hydrogen-bond acceptors (Lipinski definition) is 8. The number of aromatic nitrogens is 2. The second-order valence-electron chi connectivity index (χ2n) is 7.74. The van der Waals surface area contributed by atoms with Gasteiger partial charge in [0.2, 0.25) is 18.6 Å². The number of fused-ring (bicyclic) bond motifs is 4. The molecule has 1 aromatic heterocycles. The SMILES string of the molecule is CCOc1nc(N2CCNCC2)nc2c1CC=C1C(c3ccc4c(c3)OCO4)=CN=C12. The summed E-state index contributed by atoms with van der Waals surface area (Å²) in [5, 5.41) is 3.38. The van der Waals surface area contributed by atoms with Crippen LogP contribution >= 0.6 is 0 Å². The molecule has 1 aromatic carbocycles. The summed E-state index contributed by atoms with van der Waals surface area (Å²) in [5.74, 6) is 2.92. The maximum Gasteiger partial charge on any atom is 0.231 e. The van der Waals surface area contributed by atoms with Gasteiger partial charge in [-0.15, -0.1) is 0 Å². The van der Waals surface area contributed by atoms with Crippen molar-refractivity contribution in [3.05, 3.63) is 52.9 Å². The first-order valence-corrected chi connectivity index (χ1v) is 10.7. The van der Waals surface area contributed by atoms with Gasteiger partial charge in [0.25, 0.3) is 0 Å². The number of nitrogens with one attached hydrogen (secondary N) is 1.